The van der Waals surface area contributed by atoms with Crippen LogP contribution < -0.4 is 5.32 Å². The molecule has 1 aliphatic heterocycles. The van der Waals surface area contributed by atoms with Crippen molar-refractivity contribution in [2.24, 2.45) is 0 Å². The van der Waals surface area contributed by atoms with Crippen LogP contribution in [0.25, 0.3) is 0 Å². The van der Waals surface area contributed by atoms with E-state index in [-0.39, 0.29) is 6.04 Å². The fourth-order valence-electron chi connectivity index (χ4n) is 2.70. The molecule has 2 aromatic heterocycles. The van der Waals surface area contributed by atoms with Crippen molar-refractivity contribution >= 4 is 5.82 Å². The van der Waals surface area contributed by atoms with Gasteiger partial charge in [0.15, 0.2) is 0 Å². The van der Waals surface area contributed by atoms with Crippen LogP contribution in [0, 0.1) is 11.3 Å². The summed E-state index contributed by atoms with van der Waals surface area (Å²) in [6, 6.07) is 5.97. The van der Waals surface area contributed by atoms with Gasteiger partial charge in [0.05, 0.1) is 5.56 Å². The molecular formula is C15H18N6. The van der Waals surface area contributed by atoms with Crippen LogP contribution in [-0.2, 0) is 13.0 Å². The van der Waals surface area contributed by atoms with Gasteiger partial charge in [-0.25, -0.2) is 4.98 Å². The van der Waals surface area contributed by atoms with E-state index in [4.69, 9.17) is 5.26 Å². The number of fused-ring (bicyclic) bond motifs is 1. The van der Waals surface area contributed by atoms with E-state index in [9.17, 15) is 0 Å². The molecular weight excluding hydrogens is 264 g/mol. The Labute approximate surface area is 123 Å². The fourth-order valence-corrected chi connectivity index (χ4v) is 2.70. The third-order valence-electron chi connectivity index (χ3n) is 3.76. The van der Waals surface area contributed by atoms with Gasteiger partial charge >= 0.3 is 0 Å². The van der Waals surface area contributed by atoms with Gasteiger partial charge in [-0.05, 0) is 18.6 Å². The molecule has 1 atom stereocenters. The number of nitrogens with one attached hydrogen (secondary N) is 1. The van der Waals surface area contributed by atoms with Crippen LogP contribution in [0.15, 0.2) is 18.3 Å². The number of hydrogen-bond acceptors (Lipinski definition) is 5. The van der Waals surface area contributed by atoms with Gasteiger partial charge < -0.3 is 9.88 Å². The summed E-state index contributed by atoms with van der Waals surface area (Å²) in [7, 11) is 0. The summed E-state index contributed by atoms with van der Waals surface area (Å²) in [5.41, 5.74) is 0.580. The molecule has 0 aliphatic carbocycles. The van der Waals surface area contributed by atoms with Gasteiger partial charge in [-0.1, -0.05) is 13.8 Å². The van der Waals surface area contributed by atoms with Crippen molar-refractivity contribution in [3.8, 4) is 6.07 Å². The van der Waals surface area contributed by atoms with E-state index in [0.717, 1.165) is 31.0 Å². The van der Waals surface area contributed by atoms with Crippen LogP contribution in [0.2, 0.25) is 0 Å². The summed E-state index contributed by atoms with van der Waals surface area (Å²) < 4.78 is 2.20. The first-order chi connectivity index (χ1) is 10.2. The van der Waals surface area contributed by atoms with Crippen LogP contribution in [-0.4, -0.2) is 25.8 Å². The van der Waals surface area contributed by atoms with Crippen LogP contribution >= 0.6 is 0 Å². The first-order valence-corrected chi connectivity index (χ1v) is 7.22. The average molecular weight is 282 g/mol. The number of aryl methyl sites for hydroxylation is 1. The highest BCUT2D eigenvalue weighted by molar-refractivity contribution is 5.51. The van der Waals surface area contributed by atoms with Gasteiger partial charge in [0.25, 0.3) is 0 Å². The lowest BCUT2D eigenvalue weighted by Crippen LogP contribution is -2.32. The highest BCUT2D eigenvalue weighted by Gasteiger charge is 2.24. The Kier molecular flexibility index (Phi) is 3.57. The van der Waals surface area contributed by atoms with Crippen molar-refractivity contribution in [1.82, 2.24) is 19.7 Å². The molecule has 1 N–H and O–H groups in total. The topological polar surface area (TPSA) is 79.4 Å². The van der Waals surface area contributed by atoms with Gasteiger partial charge in [-0.2, -0.15) is 5.26 Å². The standard InChI is InChI=1S/C15H18N6/c1-10(2)15-20-19-13-6-5-12(9-21(13)15)18-14-11(8-16)4-3-7-17-14/h3-4,7,10,12H,5-6,9H2,1-2H3,(H,17,18)/t12-/m1/s1. The number of pyridine rings is 1. The molecule has 6 heteroatoms. The summed E-state index contributed by atoms with van der Waals surface area (Å²) in [4.78, 5) is 4.27. The summed E-state index contributed by atoms with van der Waals surface area (Å²) in [6.07, 6.45) is 3.57. The maximum atomic E-state index is 9.13. The Hall–Kier alpha value is -2.42. The van der Waals surface area contributed by atoms with Crippen LogP contribution in [0.4, 0.5) is 5.82 Å². The van der Waals surface area contributed by atoms with Gasteiger partial charge in [0.2, 0.25) is 0 Å². The molecule has 3 rings (SSSR count). The van der Waals surface area contributed by atoms with E-state index in [2.05, 4.69) is 45.0 Å². The summed E-state index contributed by atoms with van der Waals surface area (Å²) in [6.45, 7) is 5.07. The number of aromatic nitrogens is 4. The molecule has 0 radical (unpaired) electrons. The third-order valence-corrected chi connectivity index (χ3v) is 3.76. The third kappa shape index (κ3) is 2.59. The zero-order chi connectivity index (χ0) is 14.8. The highest BCUT2D eigenvalue weighted by Crippen LogP contribution is 2.22. The zero-order valence-corrected chi connectivity index (χ0v) is 12.2. The smallest absolute Gasteiger partial charge is 0.144 e. The minimum Gasteiger partial charge on any atom is -0.364 e. The van der Waals surface area contributed by atoms with E-state index in [0.29, 0.717) is 17.3 Å². The lowest BCUT2D eigenvalue weighted by molar-refractivity contribution is 0.458. The number of nitriles is 1. The van der Waals surface area contributed by atoms with E-state index in [1.165, 1.54) is 0 Å². The summed E-state index contributed by atoms with van der Waals surface area (Å²) in [5.74, 6) is 3.10. The SMILES string of the molecule is CC(C)c1nnc2n1C[C@H](Nc1ncccc1C#N)CC2. The second kappa shape index (κ2) is 5.52. The van der Waals surface area contributed by atoms with Crippen molar-refractivity contribution in [3.05, 3.63) is 35.5 Å². The van der Waals surface area contributed by atoms with Crippen molar-refractivity contribution in [1.29, 1.82) is 5.26 Å². The lowest BCUT2D eigenvalue weighted by atomic mass is 10.1. The molecule has 6 nitrogen and oxygen atoms in total. The van der Waals surface area contributed by atoms with E-state index in [1.807, 2.05) is 0 Å². The number of hydrogen-bond donors (Lipinski definition) is 1. The summed E-state index contributed by atoms with van der Waals surface area (Å²) in [5, 5.41) is 21.1. The number of anilines is 1. The molecule has 21 heavy (non-hydrogen) atoms. The first kappa shape index (κ1) is 13.6. The van der Waals surface area contributed by atoms with E-state index < -0.39 is 0 Å². The Bertz CT molecular complexity index is 682. The molecule has 0 aromatic carbocycles. The van der Waals surface area contributed by atoms with E-state index in [1.54, 1.807) is 18.3 Å². The van der Waals surface area contributed by atoms with Gasteiger partial charge in [0, 0.05) is 31.1 Å². The minimum atomic E-state index is 0.244. The Morgan fingerprint density at radius 2 is 2.29 bits per heavy atom. The molecule has 0 bridgehead atoms. The largest absolute Gasteiger partial charge is 0.364 e. The van der Waals surface area contributed by atoms with Crippen LogP contribution in [0.3, 0.4) is 0 Å². The molecule has 0 fully saturated rings. The normalized spacial score (nSPS) is 17.3. The number of nitrogens with zero attached hydrogens (tertiary/aromatic N) is 5. The average Bonchev–Trinajstić information content (AvgIpc) is 2.91. The van der Waals surface area contributed by atoms with Gasteiger partial charge in [-0.15, -0.1) is 10.2 Å². The zero-order valence-electron chi connectivity index (χ0n) is 12.2. The Balaban J connectivity index is 1.80. The van der Waals surface area contributed by atoms with Crippen LogP contribution in [0.5, 0.6) is 0 Å². The molecule has 0 amide bonds. The maximum absolute atomic E-state index is 9.13. The molecule has 2 aromatic rings. The minimum absolute atomic E-state index is 0.244. The van der Waals surface area contributed by atoms with Crippen molar-refractivity contribution < 1.29 is 0 Å². The Morgan fingerprint density at radius 3 is 3.05 bits per heavy atom. The molecule has 0 saturated carbocycles. The first-order valence-electron chi connectivity index (χ1n) is 7.22. The van der Waals surface area contributed by atoms with E-state index >= 15 is 0 Å². The predicted molar refractivity (Wildman–Crippen MR) is 78.8 cm³/mol. The van der Waals surface area contributed by atoms with Gasteiger partial charge in [0.1, 0.15) is 23.5 Å². The second-order valence-electron chi connectivity index (χ2n) is 5.63. The maximum Gasteiger partial charge on any atom is 0.144 e. The molecule has 3 heterocycles. The van der Waals surface area contributed by atoms with Crippen LogP contribution in [0.1, 0.15) is 43.4 Å². The quantitative estimate of drug-likeness (QED) is 0.932. The molecule has 0 spiro atoms. The van der Waals surface area contributed by atoms with Crippen molar-refractivity contribution in [2.75, 3.05) is 5.32 Å². The predicted octanol–water partition coefficient (Wildman–Crippen LogP) is 2.10. The summed E-state index contributed by atoms with van der Waals surface area (Å²) >= 11 is 0. The molecule has 0 saturated heterocycles. The monoisotopic (exact) mass is 282 g/mol. The van der Waals surface area contributed by atoms with Crippen molar-refractivity contribution in [3.63, 3.8) is 0 Å². The number of rotatable bonds is 3. The Morgan fingerprint density at radius 1 is 1.43 bits per heavy atom. The molecule has 1 aliphatic rings. The molecule has 0 unspecified atom stereocenters. The fraction of sp³-hybridized carbons (Fsp3) is 0.467. The second-order valence-corrected chi connectivity index (χ2v) is 5.63. The molecule has 108 valence electrons. The lowest BCUT2D eigenvalue weighted by Gasteiger charge is -2.26. The van der Waals surface area contributed by atoms with Gasteiger partial charge in [-0.3, -0.25) is 0 Å². The van der Waals surface area contributed by atoms with Crippen molar-refractivity contribution in [2.45, 2.75) is 45.2 Å². The highest BCUT2D eigenvalue weighted by atomic mass is 15.3.